The number of aliphatic hydroxyl groups is 1. The van der Waals surface area contributed by atoms with Crippen LogP contribution in [0.4, 0.5) is 0 Å². The van der Waals surface area contributed by atoms with Gasteiger partial charge in [-0.25, -0.2) is 0 Å². The van der Waals surface area contributed by atoms with E-state index in [2.05, 4.69) is 22.2 Å². The third kappa shape index (κ3) is 5.38. The van der Waals surface area contributed by atoms with Crippen molar-refractivity contribution in [1.29, 1.82) is 0 Å². The molecule has 0 fully saturated rings. The van der Waals surface area contributed by atoms with Crippen LogP contribution in [0.2, 0.25) is 0 Å². The van der Waals surface area contributed by atoms with Gasteiger partial charge in [0.25, 0.3) is 0 Å². The highest BCUT2D eigenvalue weighted by Gasteiger charge is 2.05. The van der Waals surface area contributed by atoms with Crippen molar-refractivity contribution in [2.24, 2.45) is 4.99 Å². The van der Waals surface area contributed by atoms with E-state index in [9.17, 15) is 4.79 Å². The number of hydrogen-bond acceptors (Lipinski definition) is 4. The van der Waals surface area contributed by atoms with Crippen LogP contribution in [0.1, 0.15) is 25.7 Å². The molecule has 0 aromatic rings. The Labute approximate surface area is 95.6 Å². The van der Waals surface area contributed by atoms with E-state index in [0.717, 1.165) is 25.3 Å². The molecule has 0 saturated carbocycles. The first-order valence-corrected chi connectivity index (χ1v) is 5.59. The van der Waals surface area contributed by atoms with Crippen molar-refractivity contribution in [2.75, 3.05) is 19.6 Å². The molecule has 5 heteroatoms. The molecule has 0 bridgehead atoms. The number of amides is 1. The minimum absolute atomic E-state index is 0.0137. The van der Waals surface area contributed by atoms with Crippen molar-refractivity contribution in [3.63, 3.8) is 0 Å². The summed E-state index contributed by atoms with van der Waals surface area (Å²) < 4.78 is 0. The molecule has 0 atom stereocenters. The molecular formula is C11H19N3O2. The summed E-state index contributed by atoms with van der Waals surface area (Å²) in [5, 5.41) is 14.8. The van der Waals surface area contributed by atoms with Crippen molar-refractivity contribution >= 4 is 11.7 Å². The quantitative estimate of drug-likeness (QED) is 0.559. The topological polar surface area (TPSA) is 73.7 Å². The zero-order valence-corrected chi connectivity index (χ0v) is 9.46. The number of aliphatic hydroxyl groups excluding tert-OH is 1. The molecule has 0 saturated heterocycles. The smallest absolute Gasteiger partial charge is 0.220 e. The number of carbonyl (C=O) groups excluding carboxylic acids is 1. The lowest BCUT2D eigenvalue weighted by atomic mass is 10.2. The Morgan fingerprint density at radius 2 is 2.38 bits per heavy atom. The Bertz CT molecular complexity index is 287. The molecule has 1 aliphatic rings. The highest BCUT2D eigenvalue weighted by atomic mass is 16.3. The van der Waals surface area contributed by atoms with Gasteiger partial charge in [0.2, 0.25) is 5.91 Å². The lowest BCUT2D eigenvalue weighted by Gasteiger charge is -2.05. The standard InChI is InChI=1S/C11H19N3O2/c1-9(15)3-2-4-11(16)14-6-5-10-12-7-8-13-10/h15H,1-8H2,(H,12,13)(H,14,16). The van der Waals surface area contributed by atoms with Crippen LogP contribution >= 0.6 is 0 Å². The molecule has 0 aliphatic carbocycles. The summed E-state index contributed by atoms with van der Waals surface area (Å²) in [4.78, 5) is 15.5. The number of carbonyl (C=O) groups is 1. The minimum Gasteiger partial charge on any atom is -0.513 e. The highest BCUT2D eigenvalue weighted by Crippen LogP contribution is 2.01. The molecular weight excluding hydrogens is 206 g/mol. The molecule has 0 aromatic carbocycles. The molecule has 90 valence electrons. The summed E-state index contributed by atoms with van der Waals surface area (Å²) in [7, 11) is 0. The van der Waals surface area contributed by atoms with Crippen molar-refractivity contribution in [3.8, 4) is 0 Å². The minimum atomic E-state index is 0.0137. The summed E-state index contributed by atoms with van der Waals surface area (Å²) in [6, 6.07) is 0. The van der Waals surface area contributed by atoms with Gasteiger partial charge in [0.15, 0.2) is 0 Å². The lowest BCUT2D eigenvalue weighted by Crippen LogP contribution is -2.28. The van der Waals surface area contributed by atoms with Gasteiger partial charge in [-0.15, -0.1) is 0 Å². The second-order valence-corrected chi connectivity index (χ2v) is 3.77. The van der Waals surface area contributed by atoms with Gasteiger partial charge in [0, 0.05) is 32.4 Å². The number of nitrogens with one attached hydrogen (secondary N) is 2. The van der Waals surface area contributed by atoms with E-state index in [1.54, 1.807) is 0 Å². The maximum Gasteiger partial charge on any atom is 0.220 e. The number of aliphatic imine (C=N–C) groups is 1. The van der Waals surface area contributed by atoms with Crippen LogP contribution in [0.3, 0.4) is 0 Å². The first kappa shape index (κ1) is 12.5. The van der Waals surface area contributed by atoms with Gasteiger partial charge in [-0.2, -0.15) is 0 Å². The van der Waals surface area contributed by atoms with Crippen molar-refractivity contribution in [2.45, 2.75) is 25.7 Å². The zero-order valence-electron chi connectivity index (χ0n) is 9.46. The summed E-state index contributed by atoms with van der Waals surface area (Å²) in [6.07, 6.45) is 2.32. The summed E-state index contributed by atoms with van der Waals surface area (Å²) in [5.41, 5.74) is 0. The third-order valence-corrected chi connectivity index (χ3v) is 2.30. The van der Waals surface area contributed by atoms with Crippen LogP contribution in [0.15, 0.2) is 17.3 Å². The zero-order chi connectivity index (χ0) is 11.8. The molecule has 5 nitrogen and oxygen atoms in total. The van der Waals surface area contributed by atoms with Crippen LogP contribution in [0, 0.1) is 0 Å². The summed E-state index contributed by atoms with van der Waals surface area (Å²) in [6.45, 7) is 5.72. The van der Waals surface area contributed by atoms with Gasteiger partial charge in [0.05, 0.1) is 18.1 Å². The number of hydrogen-bond donors (Lipinski definition) is 3. The van der Waals surface area contributed by atoms with Crippen LogP contribution in [0.5, 0.6) is 0 Å². The molecule has 1 aliphatic heterocycles. The van der Waals surface area contributed by atoms with E-state index in [1.165, 1.54) is 0 Å². The van der Waals surface area contributed by atoms with Crippen LogP contribution in [-0.2, 0) is 4.79 Å². The van der Waals surface area contributed by atoms with E-state index in [4.69, 9.17) is 5.11 Å². The summed E-state index contributed by atoms with van der Waals surface area (Å²) >= 11 is 0. The molecule has 0 spiro atoms. The van der Waals surface area contributed by atoms with Gasteiger partial charge in [-0.1, -0.05) is 6.58 Å². The van der Waals surface area contributed by atoms with E-state index in [-0.39, 0.29) is 11.7 Å². The van der Waals surface area contributed by atoms with Gasteiger partial charge in [-0.05, 0) is 6.42 Å². The molecule has 1 amide bonds. The van der Waals surface area contributed by atoms with E-state index < -0.39 is 0 Å². The summed E-state index contributed by atoms with van der Waals surface area (Å²) in [5.74, 6) is 1.13. The number of rotatable bonds is 7. The Balaban J connectivity index is 1.99. The highest BCUT2D eigenvalue weighted by molar-refractivity contribution is 5.84. The average molecular weight is 225 g/mol. The van der Waals surface area contributed by atoms with E-state index in [1.807, 2.05) is 0 Å². The van der Waals surface area contributed by atoms with Crippen LogP contribution < -0.4 is 10.6 Å². The number of amidine groups is 1. The van der Waals surface area contributed by atoms with Gasteiger partial charge < -0.3 is 15.7 Å². The molecule has 0 radical (unpaired) electrons. The second kappa shape index (κ2) is 6.87. The fourth-order valence-electron chi connectivity index (χ4n) is 1.48. The van der Waals surface area contributed by atoms with Crippen LogP contribution in [-0.4, -0.2) is 36.5 Å². The lowest BCUT2D eigenvalue weighted by molar-refractivity contribution is -0.121. The fraction of sp³-hybridized carbons (Fsp3) is 0.636. The first-order valence-electron chi connectivity index (χ1n) is 5.59. The van der Waals surface area contributed by atoms with Crippen molar-refractivity contribution < 1.29 is 9.90 Å². The number of allylic oxidation sites excluding steroid dienone is 1. The van der Waals surface area contributed by atoms with Gasteiger partial charge in [-0.3, -0.25) is 9.79 Å². The van der Waals surface area contributed by atoms with E-state index >= 15 is 0 Å². The maximum absolute atomic E-state index is 11.3. The first-order chi connectivity index (χ1) is 7.68. The van der Waals surface area contributed by atoms with E-state index in [0.29, 0.717) is 25.8 Å². The molecule has 3 N–H and O–H groups in total. The molecule has 0 unspecified atom stereocenters. The predicted molar refractivity (Wildman–Crippen MR) is 63.6 cm³/mol. The fourth-order valence-corrected chi connectivity index (χ4v) is 1.48. The third-order valence-electron chi connectivity index (χ3n) is 2.30. The molecule has 1 rings (SSSR count). The normalized spacial score (nSPS) is 14.1. The molecule has 0 aromatic heterocycles. The van der Waals surface area contributed by atoms with Crippen LogP contribution in [0.25, 0.3) is 0 Å². The molecule has 1 heterocycles. The Morgan fingerprint density at radius 3 is 3.00 bits per heavy atom. The average Bonchev–Trinajstić information content (AvgIpc) is 2.70. The van der Waals surface area contributed by atoms with Gasteiger partial charge in [0.1, 0.15) is 0 Å². The second-order valence-electron chi connectivity index (χ2n) is 3.77. The monoisotopic (exact) mass is 225 g/mol. The largest absolute Gasteiger partial charge is 0.513 e. The van der Waals surface area contributed by atoms with Gasteiger partial charge >= 0.3 is 0 Å². The predicted octanol–water partition coefficient (Wildman–Crippen LogP) is 0.736. The van der Waals surface area contributed by atoms with Crippen molar-refractivity contribution in [3.05, 3.63) is 12.3 Å². The molecule has 16 heavy (non-hydrogen) atoms. The number of nitrogens with zero attached hydrogens (tertiary/aromatic N) is 1. The maximum atomic E-state index is 11.3. The Kier molecular flexibility index (Phi) is 5.39. The SMILES string of the molecule is C=C(O)CCCC(=O)NCCC1=NCCN1. The Morgan fingerprint density at radius 1 is 1.56 bits per heavy atom. The Hall–Kier alpha value is -1.52. The van der Waals surface area contributed by atoms with Crippen molar-refractivity contribution in [1.82, 2.24) is 10.6 Å².